The molecular weight excluding hydrogens is 493 g/mol. The molecule has 1 saturated carbocycles. The number of methoxy groups -OCH3 is 1. The molecule has 3 aromatic rings. The topological polar surface area (TPSA) is 102 Å². The van der Waals surface area contributed by atoms with E-state index >= 15 is 0 Å². The van der Waals surface area contributed by atoms with E-state index in [0.717, 1.165) is 36.8 Å². The van der Waals surface area contributed by atoms with Gasteiger partial charge in [0.15, 0.2) is 0 Å². The van der Waals surface area contributed by atoms with Crippen molar-refractivity contribution in [3.05, 3.63) is 84.2 Å². The number of benzene rings is 3. The van der Waals surface area contributed by atoms with E-state index in [0.29, 0.717) is 11.3 Å². The average Bonchev–Trinajstić information content (AvgIpc) is 2.90. The zero-order valence-corrected chi connectivity index (χ0v) is 21.6. The number of hydrogen-bond donors (Lipinski definition) is 2. The summed E-state index contributed by atoms with van der Waals surface area (Å²) in [6.07, 6.45) is 3.21. The fraction of sp³-hybridized carbons (Fsp3) is 0.321. The molecule has 0 atom stereocenters. The van der Waals surface area contributed by atoms with Gasteiger partial charge < -0.3 is 15.8 Å². The fourth-order valence-electron chi connectivity index (χ4n) is 4.56. The molecule has 37 heavy (non-hydrogen) atoms. The average molecular weight is 526 g/mol. The Morgan fingerprint density at radius 1 is 0.973 bits per heavy atom. The molecule has 4 rings (SSSR count). The number of hydrogen-bond acceptors (Lipinski definition) is 5. The number of amides is 1. The minimum absolute atomic E-state index is 0.0156. The summed E-state index contributed by atoms with van der Waals surface area (Å²) >= 11 is 0. The van der Waals surface area contributed by atoms with Crippen LogP contribution in [0.25, 0.3) is 11.1 Å². The van der Waals surface area contributed by atoms with E-state index in [9.17, 15) is 17.6 Å². The highest BCUT2D eigenvalue weighted by Gasteiger charge is 2.29. The molecule has 1 aliphatic carbocycles. The van der Waals surface area contributed by atoms with Crippen LogP contribution in [0.5, 0.6) is 5.75 Å². The van der Waals surface area contributed by atoms with Gasteiger partial charge in [-0.2, -0.15) is 4.31 Å². The fourth-order valence-corrected chi connectivity index (χ4v) is 5.93. The molecule has 3 aromatic carbocycles. The second-order valence-electron chi connectivity index (χ2n) is 9.30. The van der Waals surface area contributed by atoms with Crippen LogP contribution in [-0.2, 0) is 21.4 Å². The van der Waals surface area contributed by atoms with Gasteiger partial charge in [0.2, 0.25) is 15.9 Å². The third kappa shape index (κ3) is 6.74. The number of ether oxygens (including phenoxy) is 1. The molecule has 0 spiro atoms. The van der Waals surface area contributed by atoms with Gasteiger partial charge >= 0.3 is 0 Å². The molecule has 1 fully saturated rings. The quantitative estimate of drug-likeness (QED) is 0.438. The van der Waals surface area contributed by atoms with Crippen molar-refractivity contribution < 1.29 is 22.3 Å². The van der Waals surface area contributed by atoms with Crippen LogP contribution in [0.1, 0.15) is 31.2 Å². The summed E-state index contributed by atoms with van der Waals surface area (Å²) in [6, 6.07) is 19.6. The van der Waals surface area contributed by atoms with Crippen molar-refractivity contribution in [3.8, 4) is 16.9 Å². The molecule has 0 aliphatic heterocycles. The lowest BCUT2D eigenvalue weighted by Crippen LogP contribution is -2.46. The van der Waals surface area contributed by atoms with Crippen LogP contribution in [0.15, 0.2) is 77.7 Å². The number of nitrogens with zero attached hydrogens (tertiary/aromatic N) is 1. The number of para-hydroxylation sites is 1. The number of nitrogens with two attached hydrogens (primary N) is 1. The van der Waals surface area contributed by atoms with Gasteiger partial charge in [0.05, 0.1) is 18.6 Å². The lowest BCUT2D eigenvalue weighted by molar-refractivity contribution is -0.122. The highest BCUT2D eigenvalue weighted by atomic mass is 32.2. The molecule has 1 amide bonds. The lowest BCUT2D eigenvalue weighted by atomic mass is 9.92. The lowest BCUT2D eigenvalue weighted by Gasteiger charge is -2.28. The van der Waals surface area contributed by atoms with Crippen LogP contribution in [0.2, 0.25) is 0 Å². The maximum Gasteiger partial charge on any atom is 0.243 e. The summed E-state index contributed by atoms with van der Waals surface area (Å²) in [6.45, 7) is -0.363. The number of sulfonamides is 1. The van der Waals surface area contributed by atoms with Crippen molar-refractivity contribution in [3.63, 3.8) is 0 Å². The summed E-state index contributed by atoms with van der Waals surface area (Å²) in [5, 5.41) is 2.98. The Labute approximate surface area is 217 Å². The maximum absolute atomic E-state index is 13.7. The molecule has 7 nitrogen and oxygen atoms in total. The Kier molecular flexibility index (Phi) is 8.58. The predicted octanol–water partition coefficient (Wildman–Crippen LogP) is 4.08. The molecular formula is C28H32FN3O4S. The standard InChI is InChI=1S/C28H32FN3O4S/c1-36-27-5-3-2-4-22(27)18-32(19-28(33)31-25-14-12-24(30)13-15-25)37(34,35)26-16-8-21(9-17-26)20-6-10-23(29)11-7-20/h2-11,16-17,24-25H,12-15,18-19,30H2,1H3,(H,31,33). The molecule has 0 radical (unpaired) electrons. The first-order chi connectivity index (χ1) is 17.8. The summed E-state index contributed by atoms with van der Waals surface area (Å²) < 4.78 is 47.3. The van der Waals surface area contributed by atoms with E-state index in [-0.39, 0.29) is 41.8 Å². The van der Waals surface area contributed by atoms with E-state index in [1.54, 1.807) is 48.5 Å². The molecule has 196 valence electrons. The Balaban J connectivity index is 1.58. The smallest absolute Gasteiger partial charge is 0.243 e. The van der Waals surface area contributed by atoms with E-state index in [2.05, 4.69) is 5.32 Å². The Morgan fingerprint density at radius 2 is 1.57 bits per heavy atom. The number of rotatable bonds is 9. The van der Waals surface area contributed by atoms with Crippen LogP contribution in [0, 0.1) is 5.82 Å². The highest BCUT2D eigenvalue weighted by molar-refractivity contribution is 7.89. The second kappa shape index (κ2) is 11.9. The van der Waals surface area contributed by atoms with E-state index < -0.39 is 10.0 Å². The predicted molar refractivity (Wildman–Crippen MR) is 141 cm³/mol. The zero-order valence-electron chi connectivity index (χ0n) is 20.8. The van der Waals surface area contributed by atoms with Crippen LogP contribution in [0.4, 0.5) is 4.39 Å². The second-order valence-corrected chi connectivity index (χ2v) is 11.2. The van der Waals surface area contributed by atoms with Gasteiger partial charge in [-0.3, -0.25) is 4.79 Å². The van der Waals surface area contributed by atoms with Crippen molar-refractivity contribution >= 4 is 15.9 Å². The van der Waals surface area contributed by atoms with Crippen LogP contribution in [-0.4, -0.2) is 44.4 Å². The summed E-state index contributed by atoms with van der Waals surface area (Å²) in [4.78, 5) is 13.0. The first-order valence-electron chi connectivity index (χ1n) is 12.3. The Bertz CT molecular complexity index is 1310. The maximum atomic E-state index is 13.7. The molecule has 3 N–H and O–H groups in total. The van der Waals surface area contributed by atoms with Crippen molar-refractivity contribution in [2.24, 2.45) is 5.73 Å². The van der Waals surface area contributed by atoms with Crippen LogP contribution in [0.3, 0.4) is 0 Å². The van der Waals surface area contributed by atoms with E-state index in [1.165, 1.54) is 35.7 Å². The normalized spacial score (nSPS) is 17.9. The van der Waals surface area contributed by atoms with Crippen LogP contribution >= 0.6 is 0 Å². The Morgan fingerprint density at radius 3 is 2.19 bits per heavy atom. The van der Waals surface area contributed by atoms with Gasteiger partial charge in [0.1, 0.15) is 11.6 Å². The van der Waals surface area contributed by atoms with Gasteiger partial charge in [0.25, 0.3) is 0 Å². The number of carbonyl (C=O) groups excluding carboxylic acids is 1. The number of nitrogens with one attached hydrogen (secondary N) is 1. The van der Waals surface area contributed by atoms with Crippen molar-refractivity contribution in [1.82, 2.24) is 9.62 Å². The van der Waals surface area contributed by atoms with Gasteiger partial charge in [-0.05, 0) is 67.1 Å². The summed E-state index contributed by atoms with van der Waals surface area (Å²) in [7, 11) is -2.52. The third-order valence-electron chi connectivity index (χ3n) is 6.67. The number of halogens is 1. The largest absolute Gasteiger partial charge is 0.496 e. The first-order valence-corrected chi connectivity index (χ1v) is 13.7. The number of carbonyl (C=O) groups is 1. The highest BCUT2D eigenvalue weighted by Crippen LogP contribution is 2.26. The van der Waals surface area contributed by atoms with E-state index in [4.69, 9.17) is 10.5 Å². The third-order valence-corrected chi connectivity index (χ3v) is 8.47. The molecule has 1 aliphatic rings. The molecule has 0 aromatic heterocycles. The molecule has 9 heteroatoms. The molecule has 0 bridgehead atoms. The van der Waals surface area contributed by atoms with Crippen molar-refractivity contribution in [2.75, 3.05) is 13.7 Å². The SMILES string of the molecule is COc1ccccc1CN(CC(=O)NC1CCC(N)CC1)S(=O)(=O)c1ccc(-c2ccc(F)cc2)cc1. The first kappa shape index (κ1) is 26.8. The summed E-state index contributed by atoms with van der Waals surface area (Å²) in [5.41, 5.74) is 8.13. The van der Waals surface area contributed by atoms with Crippen LogP contribution < -0.4 is 15.8 Å². The zero-order chi connectivity index (χ0) is 26.4. The van der Waals surface area contributed by atoms with Crippen molar-refractivity contribution in [1.29, 1.82) is 0 Å². The van der Waals surface area contributed by atoms with E-state index in [1.807, 2.05) is 0 Å². The van der Waals surface area contributed by atoms with Gasteiger partial charge in [-0.1, -0.05) is 42.5 Å². The van der Waals surface area contributed by atoms with Gasteiger partial charge in [-0.15, -0.1) is 0 Å². The van der Waals surface area contributed by atoms with Crippen molar-refractivity contribution in [2.45, 2.75) is 49.2 Å². The van der Waals surface area contributed by atoms with Gasteiger partial charge in [-0.25, -0.2) is 12.8 Å². The minimum atomic E-state index is -4.04. The molecule has 0 saturated heterocycles. The summed E-state index contributed by atoms with van der Waals surface area (Å²) in [5.74, 6) is -0.165. The monoisotopic (exact) mass is 525 g/mol. The Hall–Kier alpha value is -3.27. The minimum Gasteiger partial charge on any atom is -0.496 e. The molecule has 0 heterocycles. The molecule has 0 unspecified atom stereocenters. The van der Waals surface area contributed by atoms with Gasteiger partial charge in [0, 0.05) is 24.2 Å².